The lowest BCUT2D eigenvalue weighted by molar-refractivity contribution is -0.156. The minimum atomic E-state index is -0.442. The summed E-state index contributed by atoms with van der Waals surface area (Å²) in [4.78, 5) is 24.9. The molecule has 0 unspecified atom stereocenters. The molecule has 0 spiro atoms. The maximum atomic E-state index is 12.0. The lowest BCUT2D eigenvalue weighted by atomic mass is 9.73. The monoisotopic (exact) mass is 423 g/mol. The Kier molecular flexibility index (Phi) is 6.95. The highest BCUT2D eigenvalue weighted by molar-refractivity contribution is 5.70. The van der Waals surface area contributed by atoms with E-state index in [4.69, 9.17) is 9.47 Å². The molecule has 0 radical (unpaired) electrons. The van der Waals surface area contributed by atoms with Gasteiger partial charge in [-0.15, -0.1) is 0 Å². The number of hydrogen-bond donors (Lipinski definition) is 2. The summed E-state index contributed by atoms with van der Waals surface area (Å²) in [5.41, 5.74) is 1.03. The fourth-order valence-electron chi connectivity index (χ4n) is 3.22. The van der Waals surface area contributed by atoms with Gasteiger partial charge in [-0.2, -0.15) is 4.98 Å². The van der Waals surface area contributed by atoms with E-state index < -0.39 is 5.60 Å². The van der Waals surface area contributed by atoms with E-state index in [9.17, 15) is 4.79 Å². The van der Waals surface area contributed by atoms with Gasteiger partial charge < -0.3 is 20.1 Å². The van der Waals surface area contributed by atoms with Gasteiger partial charge in [-0.25, -0.2) is 9.97 Å². The lowest BCUT2D eigenvalue weighted by Gasteiger charge is -2.32. The molecule has 0 saturated heterocycles. The van der Waals surface area contributed by atoms with Crippen LogP contribution in [0.4, 0.5) is 17.5 Å². The molecule has 2 aromatic heterocycles. The van der Waals surface area contributed by atoms with E-state index in [1.54, 1.807) is 32.6 Å². The van der Waals surface area contributed by atoms with Crippen molar-refractivity contribution in [2.75, 3.05) is 24.8 Å². The number of rotatable bonds is 6. The van der Waals surface area contributed by atoms with Crippen LogP contribution < -0.4 is 15.4 Å². The zero-order chi connectivity index (χ0) is 22.4. The van der Waals surface area contributed by atoms with Crippen LogP contribution in [0.25, 0.3) is 0 Å². The molecule has 1 aliphatic rings. The smallest absolute Gasteiger partial charge is 0.306 e. The molecule has 2 N–H and O–H groups in total. The van der Waals surface area contributed by atoms with Gasteiger partial charge >= 0.3 is 5.97 Å². The van der Waals surface area contributed by atoms with Crippen LogP contribution in [-0.4, -0.2) is 40.7 Å². The molecule has 3 rings (SSSR count). The van der Waals surface area contributed by atoms with E-state index in [1.165, 1.54) is 0 Å². The van der Waals surface area contributed by atoms with E-state index in [0.29, 0.717) is 35.5 Å². The summed E-state index contributed by atoms with van der Waals surface area (Å²) in [5.74, 6) is 8.57. The van der Waals surface area contributed by atoms with Gasteiger partial charge in [0.15, 0.2) is 5.82 Å². The van der Waals surface area contributed by atoms with Crippen molar-refractivity contribution in [3.8, 4) is 17.7 Å². The van der Waals surface area contributed by atoms with Gasteiger partial charge in [0.1, 0.15) is 5.60 Å². The minimum absolute atomic E-state index is 0.139. The van der Waals surface area contributed by atoms with Crippen LogP contribution in [0.1, 0.15) is 45.6 Å². The van der Waals surface area contributed by atoms with Crippen molar-refractivity contribution in [3.63, 3.8) is 0 Å². The van der Waals surface area contributed by atoms with Crippen molar-refractivity contribution >= 4 is 23.4 Å². The fourth-order valence-corrected chi connectivity index (χ4v) is 3.22. The Labute approximate surface area is 183 Å². The molecule has 0 bridgehead atoms. The van der Waals surface area contributed by atoms with E-state index in [-0.39, 0.29) is 11.9 Å². The SMILES string of the molecule is CNc1ncc(C#CC2CC(CC(=O)OC(C)(C)C)C2)c(Nc2ccc(OC)nc2)n1. The van der Waals surface area contributed by atoms with Crippen molar-refractivity contribution in [3.05, 3.63) is 30.1 Å². The molecule has 0 aromatic carbocycles. The third kappa shape index (κ3) is 6.57. The first-order chi connectivity index (χ1) is 14.8. The average molecular weight is 424 g/mol. The van der Waals surface area contributed by atoms with Gasteiger partial charge in [0.05, 0.1) is 30.8 Å². The number of carbonyl (C=O) groups excluding carboxylic acids is 1. The molecule has 2 heterocycles. The number of carbonyl (C=O) groups is 1. The fraction of sp³-hybridized carbons (Fsp3) is 0.478. The lowest BCUT2D eigenvalue weighted by Crippen LogP contribution is -2.29. The van der Waals surface area contributed by atoms with Crippen LogP contribution in [-0.2, 0) is 9.53 Å². The van der Waals surface area contributed by atoms with Gasteiger partial charge in [-0.05, 0) is 45.6 Å². The second-order valence-corrected chi connectivity index (χ2v) is 8.51. The van der Waals surface area contributed by atoms with E-state index in [0.717, 1.165) is 18.5 Å². The number of aromatic nitrogens is 3. The predicted molar refractivity (Wildman–Crippen MR) is 119 cm³/mol. The molecule has 1 saturated carbocycles. The first kappa shape index (κ1) is 22.3. The minimum Gasteiger partial charge on any atom is -0.481 e. The molecule has 1 fully saturated rings. The van der Waals surface area contributed by atoms with Gasteiger partial charge in [0.2, 0.25) is 11.8 Å². The van der Waals surface area contributed by atoms with Crippen LogP contribution in [0.2, 0.25) is 0 Å². The molecule has 1 aliphatic carbocycles. The number of nitrogens with one attached hydrogen (secondary N) is 2. The molecule has 8 heteroatoms. The zero-order valence-electron chi connectivity index (χ0n) is 18.7. The second-order valence-electron chi connectivity index (χ2n) is 8.51. The standard InChI is InChI=1S/C23H29N5O3/c1-23(2,3)31-20(29)12-16-10-15(11-16)6-7-17-13-26-22(24-4)28-21(17)27-18-8-9-19(30-5)25-14-18/h8-9,13-16H,10-12H2,1-5H3,(H2,24,26,27,28). The number of anilines is 3. The van der Waals surface area contributed by atoms with Gasteiger partial charge in [-0.1, -0.05) is 11.8 Å². The molecular weight excluding hydrogens is 394 g/mol. The third-order valence-corrected chi connectivity index (χ3v) is 4.74. The Hall–Kier alpha value is -3.34. The van der Waals surface area contributed by atoms with Crippen LogP contribution in [0.5, 0.6) is 5.88 Å². The van der Waals surface area contributed by atoms with Crippen molar-refractivity contribution in [1.29, 1.82) is 0 Å². The third-order valence-electron chi connectivity index (χ3n) is 4.74. The topological polar surface area (TPSA) is 98.3 Å². The Bertz CT molecular complexity index is 967. The summed E-state index contributed by atoms with van der Waals surface area (Å²) in [6.07, 6.45) is 5.61. The number of methoxy groups -OCH3 is 1. The first-order valence-corrected chi connectivity index (χ1v) is 10.3. The summed E-state index contributed by atoms with van der Waals surface area (Å²) >= 11 is 0. The van der Waals surface area contributed by atoms with Crippen molar-refractivity contribution in [2.24, 2.45) is 11.8 Å². The van der Waals surface area contributed by atoms with E-state index in [1.807, 2.05) is 26.8 Å². The predicted octanol–water partition coefficient (Wildman–Crippen LogP) is 3.78. The van der Waals surface area contributed by atoms with E-state index in [2.05, 4.69) is 37.4 Å². The van der Waals surface area contributed by atoms with Crippen molar-refractivity contribution < 1.29 is 14.3 Å². The first-order valence-electron chi connectivity index (χ1n) is 10.3. The summed E-state index contributed by atoms with van der Waals surface area (Å²) in [5, 5.41) is 6.18. The van der Waals surface area contributed by atoms with Crippen molar-refractivity contribution in [1.82, 2.24) is 15.0 Å². The highest BCUT2D eigenvalue weighted by Crippen LogP contribution is 2.36. The normalized spacial score (nSPS) is 17.6. The summed E-state index contributed by atoms with van der Waals surface area (Å²) in [6, 6.07) is 3.63. The van der Waals surface area contributed by atoms with Gasteiger partial charge in [0.25, 0.3) is 0 Å². The van der Waals surface area contributed by atoms with Crippen LogP contribution in [0.3, 0.4) is 0 Å². The summed E-state index contributed by atoms with van der Waals surface area (Å²) in [6.45, 7) is 5.65. The average Bonchev–Trinajstić information content (AvgIpc) is 2.69. The maximum Gasteiger partial charge on any atom is 0.306 e. The highest BCUT2D eigenvalue weighted by atomic mass is 16.6. The summed E-state index contributed by atoms with van der Waals surface area (Å²) in [7, 11) is 3.34. The molecule has 0 amide bonds. The molecule has 31 heavy (non-hydrogen) atoms. The Morgan fingerprint density at radius 3 is 2.61 bits per heavy atom. The van der Waals surface area contributed by atoms with Crippen LogP contribution >= 0.6 is 0 Å². The van der Waals surface area contributed by atoms with Gasteiger partial charge in [0, 0.05) is 25.5 Å². The number of hydrogen-bond acceptors (Lipinski definition) is 8. The Morgan fingerprint density at radius 2 is 2.00 bits per heavy atom. The number of nitrogens with zero attached hydrogens (tertiary/aromatic N) is 3. The Morgan fingerprint density at radius 1 is 1.23 bits per heavy atom. The highest BCUT2D eigenvalue weighted by Gasteiger charge is 2.31. The van der Waals surface area contributed by atoms with Crippen LogP contribution in [0.15, 0.2) is 24.5 Å². The van der Waals surface area contributed by atoms with Crippen molar-refractivity contribution in [2.45, 2.75) is 45.6 Å². The molecule has 164 valence electrons. The Balaban J connectivity index is 1.63. The van der Waals surface area contributed by atoms with E-state index >= 15 is 0 Å². The molecular formula is C23H29N5O3. The quantitative estimate of drug-likeness (QED) is 0.535. The largest absolute Gasteiger partial charge is 0.481 e. The molecule has 2 aromatic rings. The van der Waals surface area contributed by atoms with Crippen LogP contribution in [0, 0.1) is 23.7 Å². The number of ether oxygens (including phenoxy) is 2. The number of esters is 1. The second kappa shape index (κ2) is 9.65. The summed E-state index contributed by atoms with van der Waals surface area (Å²) < 4.78 is 10.5. The maximum absolute atomic E-state index is 12.0. The number of pyridine rings is 1. The van der Waals surface area contributed by atoms with Gasteiger partial charge in [-0.3, -0.25) is 4.79 Å². The molecule has 0 aliphatic heterocycles. The molecule has 0 atom stereocenters. The zero-order valence-corrected chi connectivity index (χ0v) is 18.7. The molecule has 8 nitrogen and oxygen atoms in total.